The number of ether oxygens (including phenoxy) is 1. The third-order valence-corrected chi connectivity index (χ3v) is 7.93. The van der Waals surface area contributed by atoms with Gasteiger partial charge in [0.1, 0.15) is 23.6 Å². The first kappa shape index (κ1) is 32.0. The Morgan fingerprint density at radius 1 is 1.15 bits per heavy atom. The molecule has 1 aliphatic heterocycles. The Kier molecular flexibility index (Phi) is 10.7. The third kappa shape index (κ3) is 7.02. The van der Waals surface area contributed by atoms with Gasteiger partial charge < -0.3 is 24.1 Å². The number of hydrogen-bond donors (Lipinski definition) is 3. The van der Waals surface area contributed by atoms with Crippen molar-refractivity contribution in [3.8, 4) is 0 Å². The van der Waals surface area contributed by atoms with Gasteiger partial charge in [-0.2, -0.15) is 0 Å². The van der Waals surface area contributed by atoms with Crippen LogP contribution in [-0.2, 0) is 14.0 Å². The van der Waals surface area contributed by atoms with Crippen LogP contribution >= 0.6 is 11.9 Å². The van der Waals surface area contributed by atoms with Crippen molar-refractivity contribution in [1.29, 1.82) is 5.41 Å². The average molecular weight is 577 g/mol. The van der Waals surface area contributed by atoms with Gasteiger partial charge in [-0.25, -0.2) is 13.8 Å². The number of anilines is 2. The number of benzene rings is 1. The monoisotopic (exact) mass is 576 g/mol. The molecule has 0 radical (unpaired) electrons. The summed E-state index contributed by atoms with van der Waals surface area (Å²) in [6.07, 6.45) is 3.39. The number of aromatic nitrogens is 1. The quantitative estimate of drug-likeness (QED) is 0.0633. The van der Waals surface area contributed by atoms with E-state index in [2.05, 4.69) is 15.0 Å². The van der Waals surface area contributed by atoms with E-state index in [-0.39, 0.29) is 17.1 Å². The van der Waals surface area contributed by atoms with Crippen LogP contribution in [0.1, 0.15) is 83.7 Å². The molecule has 12 heteroatoms. The first-order valence-electron chi connectivity index (χ1n) is 13.6. The lowest BCUT2D eigenvalue weighted by atomic mass is 9.79. The van der Waals surface area contributed by atoms with Gasteiger partial charge in [-0.3, -0.25) is 10.2 Å². The second-order valence-corrected chi connectivity index (χ2v) is 11.5. The standard InChI is InChI=1S/C28H39BF2N4O4S/c1-8-11-21(37-10-3)34-26-18(15-17(16-33-26)29-38-27(4,5)28(6,7)39-29)24(32)25(36)22-19(30)12-13-20(23(22)31)35-40-14-9-2/h12-13,15-16,21,32,35H,8-11,14H2,1-7H3,(H,33,34). The molecule has 2 aromatic rings. The first-order valence-corrected chi connectivity index (χ1v) is 14.6. The summed E-state index contributed by atoms with van der Waals surface area (Å²) in [5.74, 6) is -2.35. The maximum atomic E-state index is 15.4. The molecular formula is C28H39BF2N4O4S. The molecule has 0 aliphatic carbocycles. The number of carbonyl (C=O) groups is 1. The molecule has 0 spiro atoms. The summed E-state index contributed by atoms with van der Waals surface area (Å²) in [5.41, 5.74) is -2.21. The number of nitrogens with zero attached hydrogens (tertiary/aromatic N) is 1. The molecule has 1 aromatic carbocycles. The van der Waals surface area contributed by atoms with E-state index in [1.807, 2.05) is 48.5 Å². The molecule has 40 heavy (non-hydrogen) atoms. The molecule has 1 aromatic heterocycles. The van der Waals surface area contributed by atoms with Gasteiger partial charge in [-0.1, -0.05) is 32.2 Å². The second kappa shape index (κ2) is 13.4. The summed E-state index contributed by atoms with van der Waals surface area (Å²) in [7, 11) is -0.817. The molecule has 8 nitrogen and oxygen atoms in total. The Balaban J connectivity index is 2.05. The first-order chi connectivity index (χ1) is 18.9. The van der Waals surface area contributed by atoms with E-state index in [1.165, 1.54) is 24.2 Å². The van der Waals surface area contributed by atoms with E-state index in [0.29, 0.717) is 24.2 Å². The second-order valence-electron chi connectivity index (χ2n) is 10.6. The van der Waals surface area contributed by atoms with Crippen LogP contribution in [0, 0.1) is 17.0 Å². The van der Waals surface area contributed by atoms with Gasteiger partial charge in [0, 0.05) is 29.6 Å². The van der Waals surface area contributed by atoms with Crippen molar-refractivity contribution in [3.63, 3.8) is 0 Å². The Labute approximate surface area is 240 Å². The molecule has 1 unspecified atom stereocenters. The molecule has 1 aliphatic rings. The van der Waals surface area contributed by atoms with E-state index >= 15 is 4.39 Å². The fourth-order valence-electron chi connectivity index (χ4n) is 4.03. The van der Waals surface area contributed by atoms with Crippen LogP contribution in [-0.4, -0.2) is 53.4 Å². The zero-order valence-corrected chi connectivity index (χ0v) is 25.1. The average Bonchev–Trinajstić information content (AvgIpc) is 3.12. The zero-order chi connectivity index (χ0) is 29.7. The van der Waals surface area contributed by atoms with Crippen LogP contribution in [0.2, 0.25) is 0 Å². The highest BCUT2D eigenvalue weighted by Crippen LogP contribution is 2.36. The van der Waals surface area contributed by atoms with Crippen molar-refractivity contribution in [2.24, 2.45) is 0 Å². The highest BCUT2D eigenvalue weighted by molar-refractivity contribution is 8.00. The van der Waals surface area contributed by atoms with Crippen LogP contribution in [0.3, 0.4) is 0 Å². The summed E-state index contributed by atoms with van der Waals surface area (Å²) in [5, 5.41) is 12.0. The smallest absolute Gasteiger partial charge is 0.399 e. The number of ketones is 1. The predicted octanol–water partition coefficient (Wildman–Crippen LogP) is 5.95. The van der Waals surface area contributed by atoms with Crippen molar-refractivity contribution in [2.45, 2.75) is 85.2 Å². The highest BCUT2D eigenvalue weighted by atomic mass is 32.2. The number of hydrogen-bond acceptors (Lipinski definition) is 9. The van der Waals surface area contributed by atoms with Crippen molar-refractivity contribution < 1.29 is 27.6 Å². The third-order valence-electron chi connectivity index (χ3n) is 6.95. The van der Waals surface area contributed by atoms with Crippen LogP contribution in [0.4, 0.5) is 20.3 Å². The van der Waals surface area contributed by atoms with Crippen molar-refractivity contribution in [2.75, 3.05) is 22.4 Å². The SMILES string of the molecule is CCCSNc1ccc(F)c(C(=O)C(=N)c2cc(B3OC(C)(C)C(C)(C)O3)cnc2NC(CCC)OCC)c1F. The molecule has 1 fully saturated rings. The lowest BCUT2D eigenvalue weighted by molar-refractivity contribution is 0.00578. The summed E-state index contributed by atoms with van der Waals surface area (Å²) < 4.78 is 51.1. The van der Waals surface area contributed by atoms with Gasteiger partial charge in [-0.15, -0.1) is 0 Å². The number of nitrogens with one attached hydrogen (secondary N) is 3. The molecule has 3 rings (SSSR count). The minimum atomic E-state index is -1.11. The summed E-state index contributed by atoms with van der Waals surface area (Å²) >= 11 is 1.25. The molecule has 0 saturated carbocycles. The Bertz CT molecular complexity index is 1210. The molecule has 1 atom stereocenters. The number of halogens is 2. The van der Waals surface area contributed by atoms with Gasteiger partial charge in [0.05, 0.1) is 22.5 Å². The van der Waals surface area contributed by atoms with Crippen molar-refractivity contribution >= 4 is 47.5 Å². The van der Waals surface area contributed by atoms with Gasteiger partial charge >= 0.3 is 7.12 Å². The molecular weight excluding hydrogens is 537 g/mol. The molecule has 0 amide bonds. The van der Waals surface area contributed by atoms with E-state index in [4.69, 9.17) is 19.5 Å². The minimum Gasteiger partial charge on any atom is -0.399 e. The Morgan fingerprint density at radius 2 is 1.82 bits per heavy atom. The lowest BCUT2D eigenvalue weighted by Gasteiger charge is -2.32. The van der Waals surface area contributed by atoms with Crippen LogP contribution in [0.15, 0.2) is 24.4 Å². The molecule has 2 heterocycles. The fraction of sp³-hybridized carbons (Fsp3) is 0.536. The maximum absolute atomic E-state index is 15.4. The van der Waals surface area contributed by atoms with Crippen LogP contribution < -0.4 is 15.5 Å². The minimum absolute atomic E-state index is 0.0298. The predicted molar refractivity (Wildman–Crippen MR) is 158 cm³/mol. The van der Waals surface area contributed by atoms with Gasteiger partial charge in [0.25, 0.3) is 0 Å². The lowest BCUT2D eigenvalue weighted by Crippen LogP contribution is -2.41. The highest BCUT2D eigenvalue weighted by Gasteiger charge is 2.52. The summed E-state index contributed by atoms with van der Waals surface area (Å²) in [6, 6.07) is 3.79. The molecule has 218 valence electrons. The normalized spacial score (nSPS) is 16.6. The van der Waals surface area contributed by atoms with Gasteiger partial charge in [-0.05, 0) is 65.7 Å². The van der Waals surface area contributed by atoms with Crippen LogP contribution in [0.5, 0.6) is 0 Å². The summed E-state index contributed by atoms with van der Waals surface area (Å²) in [4.78, 5) is 18.0. The molecule has 3 N–H and O–H groups in total. The van der Waals surface area contributed by atoms with Crippen LogP contribution in [0.25, 0.3) is 0 Å². The van der Waals surface area contributed by atoms with E-state index in [9.17, 15) is 9.18 Å². The number of Topliss-reactive ketones (excluding diaryl/α,β-unsaturated/α-hetero) is 1. The summed E-state index contributed by atoms with van der Waals surface area (Å²) in [6.45, 7) is 13.9. The number of rotatable bonds is 14. The van der Waals surface area contributed by atoms with Gasteiger partial charge in [0.2, 0.25) is 5.78 Å². The number of carbonyl (C=O) groups excluding carboxylic acids is 1. The van der Waals surface area contributed by atoms with E-state index in [0.717, 1.165) is 18.9 Å². The Morgan fingerprint density at radius 3 is 2.42 bits per heavy atom. The van der Waals surface area contributed by atoms with Crippen molar-refractivity contribution in [3.05, 3.63) is 47.2 Å². The van der Waals surface area contributed by atoms with Crippen molar-refractivity contribution in [1.82, 2.24) is 4.98 Å². The van der Waals surface area contributed by atoms with E-state index in [1.54, 1.807) is 6.07 Å². The topological polar surface area (TPSA) is 106 Å². The Hall–Kier alpha value is -2.54. The van der Waals surface area contributed by atoms with Gasteiger partial charge in [0.15, 0.2) is 5.82 Å². The maximum Gasteiger partial charge on any atom is 0.496 e. The van der Waals surface area contributed by atoms with E-state index < -0.39 is 53.2 Å². The fourth-order valence-corrected chi connectivity index (χ4v) is 4.64. The molecule has 0 bridgehead atoms. The number of pyridine rings is 1. The largest absolute Gasteiger partial charge is 0.496 e. The zero-order valence-electron chi connectivity index (χ0n) is 24.2. The molecule has 1 saturated heterocycles.